The molecule has 1 saturated heterocycles. The number of nitrogens with one attached hydrogen (secondary N) is 1. The molecule has 0 aromatic rings. The molecule has 0 unspecified atom stereocenters. The van der Waals surface area contributed by atoms with Gasteiger partial charge in [-0.2, -0.15) is 0 Å². The van der Waals surface area contributed by atoms with Gasteiger partial charge in [0.15, 0.2) is 0 Å². The van der Waals surface area contributed by atoms with Gasteiger partial charge in [0.25, 0.3) is 0 Å². The van der Waals surface area contributed by atoms with E-state index in [-0.39, 0.29) is 6.09 Å². The SMILES string of the molecule is CC/C(=C\C(C)=NC)N1CCC(CNC(=O)OC(C)(C)C)CC1. The average Bonchev–Trinajstić information content (AvgIpc) is 2.49. The van der Waals surface area contributed by atoms with Gasteiger partial charge in [-0.1, -0.05) is 6.92 Å². The number of hydrogen-bond acceptors (Lipinski definition) is 4. The van der Waals surface area contributed by atoms with E-state index in [0.717, 1.165) is 38.1 Å². The van der Waals surface area contributed by atoms with Crippen molar-refractivity contribution in [2.75, 3.05) is 26.7 Å². The summed E-state index contributed by atoms with van der Waals surface area (Å²) in [5.74, 6) is 0.526. The van der Waals surface area contributed by atoms with Crippen LogP contribution in [0.3, 0.4) is 0 Å². The van der Waals surface area contributed by atoms with E-state index in [2.05, 4.69) is 28.2 Å². The first kappa shape index (κ1) is 19.5. The van der Waals surface area contributed by atoms with Crippen LogP contribution in [-0.4, -0.2) is 49.0 Å². The molecule has 0 aromatic carbocycles. The van der Waals surface area contributed by atoms with Crippen LogP contribution in [0.2, 0.25) is 0 Å². The molecule has 23 heavy (non-hydrogen) atoms. The second kappa shape index (κ2) is 8.94. The van der Waals surface area contributed by atoms with Crippen molar-refractivity contribution in [3.63, 3.8) is 0 Å². The first-order valence-electron chi connectivity index (χ1n) is 8.61. The highest BCUT2D eigenvalue weighted by Crippen LogP contribution is 2.21. The Bertz CT molecular complexity index is 442. The van der Waals surface area contributed by atoms with E-state index >= 15 is 0 Å². The lowest BCUT2D eigenvalue weighted by molar-refractivity contribution is 0.0512. The minimum absolute atomic E-state index is 0.316. The number of piperidine rings is 1. The monoisotopic (exact) mass is 323 g/mol. The lowest BCUT2D eigenvalue weighted by Gasteiger charge is -2.35. The average molecular weight is 323 g/mol. The lowest BCUT2D eigenvalue weighted by atomic mass is 9.96. The Morgan fingerprint density at radius 1 is 1.35 bits per heavy atom. The van der Waals surface area contributed by atoms with Crippen molar-refractivity contribution in [1.29, 1.82) is 0 Å². The van der Waals surface area contributed by atoms with E-state index in [1.54, 1.807) is 0 Å². The molecule has 1 rings (SSSR count). The number of ether oxygens (including phenoxy) is 1. The number of amides is 1. The van der Waals surface area contributed by atoms with Crippen LogP contribution in [0.1, 0.15) is 53.9 Å². The van der Waals surface area contributed by atoms with Gasteiger partial charge in [0, 0.05) is 38.1 Å². The molecule has 0 saturated carbocycles. The quantitative estimate of drug-likeness (QED) is 0.786. The fourth-order valence-electron chi connectivity index (χ4n) is 2.69. The summed E-state index contributed by atoms with van der Waals surface area (Å²) in [6.07, 6.45) is 5.07. The van der Waals surface area contributed by atoms with E-state index in [4.69, 9.17) is 4.74 Å². The van der Waals surface area contributed by atoms with Crippen molar-refractivity contribution < 1.29 is 9.53 Å². The summed E-state index contributed by atoms with van der Waals surface area (Å²) in [5, 5.41) is 2.89. The molecular weight excluding hydrogens is 290 g/mol. The summed E-state index contributed by atoms with van der Waals surface area (Å²) in [5.41, 5.74) is 1.98. The second-order valence-corrected chi connectivity index (χ2v) is 7.17. The maximum Gasteiger partial charge on any atom is 0.407 e. The van der Waals surface area contributed by atoms with Gasteiger partial charge in [-0.3, -0.25) is 4.99 Å². The minimum atomic E-state index is -0.438. The van der Waals surface area contributed by atoms with Crippen molar-refractivity contribution in [3.8, 4) is 0 Å². The molecule has 0 radical (unpaired) electrons. The second-order valence-electron chi connectivity index (χ2n) is 7.17. The molecule has 0 aromatic heterocycles. The summed E-state index contributed by atoms with van der Waals surface area (Å²) in [7, 11) is 1.83. The van der Waals surface area contributed by atoms with E-state index in [9.17, 15) is 4.79 Å². The highest BCUT2D eigenvalue weighted by Gasteiger charge is 2.22. The number of nitrogens with zero attached hydrogens (tertiary/aromatic N) is 2. The van der Waals surface area contributed by atoms with E-state index in [1.165, 1.54) is 5.70 Å². The molecule has 0 aliphatic carbocycles. The smallest absolute Gasteiger partial charge is 0.407 e. The highest BCUT2D eigenvalue weighted by molar-refractivity contribution is 5.93. The molecule has 5 nitrogen and oxygen atoms in total. The third-order valence-corrected chi connectivity index (χ3v) is 4.05. The van der Waals surface area contributed by atoms with Gasteiger partial charge < -0.3 is 15.0 Å². The van der Waals surface area contributed by atoms with Crippen LogP contribution in [0, 0.1) is 5.92 Å². The number of alkyl carbamates (subject to hydrolysis) is 1. The van der Waals surface area contributed by atoms with Crippen LogP contribution < -0.4 is 5.32 Å². The summed E-state index contributed by atoms with van der Waals surface area (Å²) in [4.78, 5) is 18.4. The largest absolute Gasteiger partial charge is 0.444 e. The Labute approximate surface area is 141 Å². The van der Waals surface area contributed by atoms with Gasteiger partial charge in [-0.05, 0) is 59.0 Å². The zero-order valence-corrected chi connectivity index (χ0v) is 15.6. The van der Waals surface area contributed by atoms with Gasteiger partial charge in [0.1, 0.15) is 5.60 Å². The predicted octanol–water partition coefficient (Wildman–Crippen LogP) is 3.61. The third-order valence-electron chi connectivity index (χ3n) is 4.05. The van der Waals surface area contributed by atoms with Crippen molar-refractivity contribution in [2.24, 2.45) is 10.9 Å². The molecule has 5 heteroatoms. The molecule has 1 aliphatic rings. The van der Waals surface area contributed by atoms with Crippen LogP contribution in [0.25, 0.3) is 0 Å². The van der Waals surface area contributed by atoms with E-state index in [1.807, 2.05) is 34.7 Å². The number of rotatable bonds is 5. The Hall–Kier alpha value is -1.52. The van der Waals surface area contributed by atoms with Crippen LogP contribution >= 0.6 is 0 Å². The number of hydrogen-bond donors (Lipinski definition) is 1. The summed E-state index contributed by atoms with van der Waals surface area (Å²) >= 11 is 0. The van der Waals surface area contributed by atoms with Crippen LogP contribution in [0.15, 0.2) is 16.8 Å². The molecule has 1 fully saturated rings. The Morgan fingerprint density at radius 2 is 1.96 bits per heavy atom. The van der Waals surface area contributed by atoms with E-state index < -0.39 is 5.60 Å². The Kier molecular flexibility index (Phi) is 7.59. The molecule has 1 N–H and O–H groups in total. The molecule has 1 amide bonds. The first-order valence-corrected chi connectivity index (χ1v) is 8.61. The molecule has 0 spiro atoms. The molecule has 1 aliphatic heterocycles. The van der Waals surface area contributed by atoms with Gasteiger partial charge in [-0.25, -0.2) is 4.79 Å². The lowest BCUT2D eigenvalue weighted by Crippen LogP contribution is -2.40. The van der Waals surface area contributed by atoms with Crippen molar-refractivity contribution in [2.45, 2.75) is 59.5 Å². The fraction of sp³-hybridized carbons (Fsp3) is 0.778. The van der Waals surface area contributed by atoms with Gasteiger partial charge in [0.2, 0.25) is 0 Å². The number of allylic oxidation sites excluding steroid dienone is 2. The van der Waals surface area contributed by atoms with Gasteiger partial charge in [-0.15, -0.1) is 0 Å². The van der Waals surface area contributed by atoms with Crippen LogP contribution in [-0.2, 0) is 4.74 Å². The number of carbonyl (C=O) groups is 1. The first-order chi connectivity index (χ1) is 10.7. The minimum Gasteiger partial charge on any atom is -0.444 e. The van der Waals surface area contributed by atoms with Crippen LogP contribution in [0.4, 0.5) is 4.79 Å². The molecular formula is C18H33N3O2. The van der Waals surface area contributed by atoms with Crippen molar-refractivity contribution in [3.05, 3.63) is 11.8 Å². The zero-order chi connectivity index (χ0) is 17.5. The summed E-state index contributed by atoms with van der Waals surface area (Å²) in [6, 6.07) is 0. The van der Waals surface area contributed by atoms with Crippen molar-refractivity contribution in [1.82, 2.24) is 10.2 Å². The Balaban J connectivity index is 2.41. The third kappa shape index (κ3) is 7.53. The normalized spacial score (nSPS) is 18.1. The van der Waals surface area contributed by atoms with Crippen molar-refractivity contribution >= 4 is 11.8 Å². The van der Waals surface area contributed by atoms with Gasteiger partial charge >= 0.3 is 6.09 Å². The number of likely N-dealkylation sites (tertiary alicyclic amines) is 1. The number of aliphatic imine (C=N–C) groups is 1. The molecule has 132 valence electrons. The Morgan fingerprint density at radius 3 is 2.43 bits per heavy atom. The van der Waals surface area contributed by atoms with E-state index in [0.29, 0.717) is 12.5 Å². The maximum atomic E-state index is 11.7. The summed E-state index contributed by atoms with van der Waals surface area (Å²) < 4.78 is 5.28. The molecule has 0 bridgehead atoms. The topological polar surface area (TPSA) is 53.9 Å². The predicted molar refractivity (Wildman–Crippen MR) is 95.9 cm³/mol. The molecule has 1 heterocycles. The maximum absolute atomic E-state index is 11.7. The number of carbonyl (C=O) groups excluding carboxylic acids is 1. The van der Waals surface area contributed by atoms with Crippen LogP contribution in [0.5, 0.6) is 0 Å². The standard InChI is InChI=1S/C18H33N3O2/c1-7-16(12-14(2)19-6)21-10-8-15(9-11-21)13-20-17(22)23-18(3,4)5/h12,15H,7-11,13H2,1-6H3,(H,20,22)/b16-12+,19-14?. The fourth-order valence-corrected chi connectivity index (χ4v) is 2.69. The zero-order valence-electron chi connectivity index (χ0n) is 15.6. The molecule has 0 atom stereocenters. The summed E-state index contributed by atoms with van der Waals surface area (Å²) in [6.45, 7) is 12.6. The van der Waals surface area contributed by atoms with Gasteiger partial charge in [0.05, 0.1) is 0 Å². The highest BCUT2D eigenvalue weighted by atomic mass is 16.6.